The van der Waals surface area contributed by atoms with Gasteiger partial charge in [-0.15, -0.1) is 0 Å². The molecule has 0 saturated carbocycles. The number of nitrogens with zero attached hydrogens (tertiary/aromatic N) is 1. The molecule has 0 aromatic heterocycles. The van der Waals surface area contributed by atoms with Crippen molar-refractivity contribution < 1.29 is 18.7 Å². The van der Waals surface area contributed by atoms with Gasteiger partial charge in [-0.3, -0.25) is 4.79 Å². The number of halogens is 2. The zero-order chi connectivity index (χ0) is 18.0. The molecule has 6 heteroatoms. The maximum absolute atomic E-state index is 14.1. The number of hydrogen-bond donors (Lipinski definition) is 0. The first-order valence-corrected chi connectivity index (χ1v) is 8.41. The summed E-state index contributed by atoms with van der Waals surface area (Å²) in [6.07, 6.45) is 1.68. The van der Waals surface area contributed by atoms with Crippen LogP contribution >= 0.6 is 11.6 Å². The lowest BCUT2D eigenvalue weighted by molar-refractivity contribution is 0.0730. The summed E-state index contributed by atoms with van der Waals surface area (Å²) in [4.78, 5) is 14.5. The van der Waals surface area contributed by atoms with Crippen LogP contribution in [0.4, 0.5) is 4.39 Å². The fourth-order valence-electron chi connectivity index (χ4n) is 3.23. The minimum Gasteiger partial charge on any atom is -0.493 e. The smallest absolute Gasteiger partial charge is 0.257 e. The second-order valence-corrected chi connectivity index (χ2v) is 6.33. The monoisotopic (exact) mass is 363 g/mol. The number of benzene rings is 2. The molecule has 0 bridgehead atoms. The standard InChI is InChI=1S/C19H19ClFNO3/c1-24-17-8-5-12(10-18(17)25-2)16-4-3-9-22(16)19(23)14-7-6-13(20)11-15(14)21/h5-8,10-11,16H,3-4,9H2,1-2H3/t16-/m0/s1. The van der Waals surface area contributed by atoms with Gasteiger partial charge in [-0.1, -0.05) is 17.7 Å². The second kappa shape index (κ2) is 7.31. The Kier molecular flexibility index (Phi) is 5.13. The van der Waals surface area contributed by atoms with E-state index in [1.165, 1.54) is 12.1 Å². The number of rotatable bonds is 4. The van der Waals surface area contributed by atoms with Crippen LogP contribution in [0.15, 0.2) is 36.4 Å². The van der Waals surface area contributed by atoms with Crippen LogP contribution in [0.3, 0.4) is 0 Å². The first-order chi connectivity index (χ1) is 12.0. The summed E-state index contributed by atoms with van der Waals surface area (Å²) in [5.74, 6) is 0.310. The van der Waals surface area contributed by atoms with Crippen molar-refractivity contribution in [3.8, 4) is 11.5 Å². The Bertz CT molecular complexity index is 796. The predicted octanol–water partition coefficient (Wildman–Crippen LogP) is 4.47. The molecular weight excluding hydrogens is 345 g/mol. The van der Waals surface area contributed by atoms with Crippen molar-refractivity contribution in [3.63, 3.8) is 0 Å². The highest BCUT2D eigenvalue weighted by atomic mass is 35.5. The molecule has 1 fully saturated rings. The van der Waals surface area contributed by atoms with Crippen molar-refractivity contribution in [2.45, 2.75) is 18.9 Å². The Morgan fingerprint density at radius 2 is 1.92 bits per heavy atom. The molecule has 1 atom stereocenters. The Morgan fingerprint density at radius 3 is 2.60 bits per heavy atom. The van der Waals surface area contributed by atoms with E-state index in [1.807, 2.05) is 18.2 Å². The number of ether oxygens (including phenoxy) is 2. The van der Waals surface area contributed by atoms with Gasteiger partial charge in [0, 0.05) is 11.6 Å². The summed E-state index contributed by atoms with van der Waals surface area (Å²) >= 11 is 5.78. The summed E-state index contributed by atoms with van der Waals surface area (Å²) in [7, 11) is 3.15. The maximum Gasteiger partial charge on any atom is 0.257 e. The molecule has 4 nitrogen and oxygen atoms in total. The van der Waals surface area contributed by atoms with E-state index in [-0.39, 0.29) is 22.5 Å². The van der Waals surface area contributed by atoms with Crippen LogP contribution in [0, 0.1) is 5.82 Å². The van der Waals surface area contributed by atoms with Gasteiger partial charge in [0.15, 0.2) is 11.5 Å². The van der Waals surface area contributed by atoms with Crippen LogP contribution in [-0.4, -0.2) is 31.6 Å². The van der Waals surface area contributed by atoms with E-state index in [0.717, 1.165) is 24.5 Å². The number of methoxy groups -OCH3 is 2. The van der Waals surface area contributed by atoms with Gasteiger partial charge in [0.1, 0.15) is 5.82 Å². The average Bonchev–Trinajstić information content (AvgIpc) is 3.10. The van der Waals surface area contributed by atoms with Gasteiger partial charge < -0.3 is 14.4 Å². The van der Waals surface area contributed by atoms with E-state index in [0.29, 0.717) is 18.0 Å². The van der Waals surface area contributed by atoms with Gasteiger partial charge in [0.05, 0.1) is 25.8 Å². The highest BCUT2D eigenvalue weighted by Crippen LogP contribution is 2.37. The van der Waals surface area contributed by atoms with Crippen molar-refractivity contribution in [2.75, 3.05) is 20.8 Å². The summed E-state index contributed by atoms with van der Waals surface area (Å²) in [6, 6.07) is 9.60. The van der Waals surface area contributed by atoms with Crippen LogP contribution < -0.4 is 9.47 Å². The van der Waals surface area contributed by atoms with Crippen LogP contribution in [0.1, 0.15) is 34.8 Å². The Morgan fingerprint density at radius 1 is 1.16 bits per heavy atom. The van der Waals surface area contributed by atoms with E-state index in [1.54, 1.807) is 19.1 Å². The van der Waals surface area contributed by atoms with Gasteiger partial charge in [-0.25, -0.2) is 4.39 Å². The number of carbonyl (C=O) groups excluding carboxylic acids is 1. The second-order valence-electron chi connectivity index (χ2n) is 5.90. The number of hydrogen-bond acceptors (Lipinski definition) is 3. The topological polar surface area (TPSA) is 38.8 Å². The zero-order valence-corrected chi connectivity index (χ0v) is 14.8. The van der Waals surface area contributed by atoms with Crippen LogP contribution in [0.2, 0.25) is 5.02 Å². The highest BCUT2D eigenvalue weighted by Gasteiger charge is 2.32. The molecule has 0 unspecified atom stereocenters. The van der Waals surface area contributed by atoms with E-state index in [2.05, 4.69) is 0 Å². The molecular formula is C19H19ClFNO3. The van der Waals surface area contributed by atoms with Gasteiger partial charge in [0.25, 0.3) is 5.91 Å². The Balaban J connectivity index is 1.91. The minimum absolute atomic E-state index is 0.0387. The molecule has 0 N–H and O–H groups in total. The summed E-state index contributed by atoms with van der Waals surface area (Å²) < 4.78 is 24.7. The summed E-state index contributed by atoms with van der Waals surface area (Å²) in [5, 5.41) is 0.270. The van der Waals surface area contributed by atoms with Gasteiger partial charge in [-0.2, -0.15) is 0 Å². The minimum atomic E-state index is -0.601. The normalized spacial score (nSPS) is 16.8. The van der Waals surface area contributed by atoms with Crippen LogP contribution in [-0.2, 0) is 0 Å². The first kappa shape index (κ1) is 17.5. The van der Waals surface area contributed by atoms with Crippen molar-refractivity contribution in [1.29, 1.82) is 0 Å². The lowest BCUT2D eigenvalue weighted by Gasteiger charge is -2.26. The maximum atomic E-state index is 14.1. The Labute approximate surface area is 151 Å². The lowest BCUT2D eigenvalue weighted by atomic mass is 10.0. The van der Waals surface area contributed by atoms with Gasteiger partial charge in [0.2, 0.25) is 0 Å². The largest absolute Gasteiger partial charge is 0.493 e. The third-order valence-electron chi connectivity index (χ3n) is 4.47. The summed E-state index contributed by atoms with van der Waals surface area (Å²) in [5.41, 5.74) is 0.981. The molecule has 25 heavy (non-hydrogen) atoms. The van der Waals surface area contributed by atoms with E-state index in [9.17, 15) is 9.18 Å². The van der Waals surface area contributed by atoms with E-state index >= 15 is 0 Å². The quantitative estimate of drug-likeness (QED) is 0.804. The Hall–Kier alpha value is -2.27. The molecule has 2 aromatic carbocycles. The molecule has 0 aliphatic carbocycles. The third kappa shape index (κ3) is 3.42. The summed E-state index contributed by atoms with van der Waals surface area (Å²) in [6.45, 7) is 0.583. The van der Waals surface area contributed by atoms with Crippen LogP contribution in [0.5, 0.6) is 11.5 Å². The highest BCUT2D eigenvalue weighted by molar-refractivity contribution is 6.30. The molecule has 2 aromatic rings. The SMILES string of the molecule is COc1ccc([C@@H]2CCCN2C(=O)c2ccc(Cl)cc2F)cc1OC. The van der Waals surface area contributed by atoms with Gasteiger partial charge in [-0.05, 0) is 48.7 Å². The zero-order valence-electron chi connectivity index (χ0n) is 14.1. The number of likely N-dealkylation sites (tertiary alicyclic amines) is 1. The van der Waals surface area contributed by atoms with E-state index < -0.39 is 5.82 Å². The molecule has 0 radical (unpaired) electrons. The van der Waals surface area contributed by atoms with Crippen molar-refractivity contribution in [3.05, 3.63) is 58.4 Å². The third-order valence-corrected chi connectivity index (χ3v) is 4.70. The molecule has 1 heterocycles. The van der Waals surface area contributed by atoms with Crippen molar-refractivity contribution >= 4 is 17.5 Å². The van der Waals surface area contributed by atoms with Gasteiger partial charge >= 0.3 is 0 Å². The van der Waals surface area contributed by atoms with Crippen molar-refractivity contribution in [2.24, 2.45) is 0 Å². The first-order valence-electron chi connectivity index (χ1n) is 8.03. The molecule has 3 rings (SSSR count). The molecule has 132 valence electrons. The van der Waals surface area contributed by atoms with E-state index in [4.69, 9.17) is 21.1 Å². The molecule has 1 aliphatic rings. The number of carbonyl (C=O) groups is 1. The average molecular weight is 364 g/mol. The molecule has 0 spiro atoms. The van der Waals surface area contributed by atoms with Crippen LogP contribution in [0.25, 0.3) is 0 Å². The molecule has 1 saturated heterocycles. The fourth-order valence-corrected chi connectivity index (χ4v) is 3.39. The number of amides is 1. The predicted molar refractivity (Wildman–Crippen MR) is 94.0 cm³/mol. The lowest BCUT2D eigenvalue weighted by Crippen LogP contribution is -2.31. The molecule has 1 amide bonds. The fraction of sp³-hybridized carbons (Fsp3) is 0.316. The van der Waals surface area contributed by atoms with Crippen molar-refractivity contribution in [1.82, 2.24) is 4.90 Å². The molecule has 1 aliphatic heterocycles.